The molecule has 2 N–H and O–H groups in total. The first-order valence-corrected chi connectivity index (χ1v) is 8.03. The Labute approximate surface area is 125 Å². The lowest BCUT2D eigenvalue weighted by molar-refractivity contribution is 0.566. The quantitative estimate of drug-likeness (QED) is 0.939. The van der Waals surface area contributed by atoms with Crippen molar-refractivity contribution in [3.05, 3.63) is 27.5 Å². The number of thiazole rings is 1. The highest BCUT2D eigenvalue weighted by Crippen LogP contribution is 2.25. The van der Waals surface area contributed by atoms with Gasteiger partial charge in [0.1, 0.15) is 5.01 Å². The summed E-state index contributed by atoms with van der Waals surface area (Å²) in [4.78, 5) is 4.73. The fourth-order valence-electron chi connectivity index (χ4n) is 2.19. The van der Waals surface area contributed by atoms with E-state index < -0.39 is 0 Å². The SMILES string of the molecule is CCc1nn(Cc2nc(C(C)(C)C)cs2)c(CC)c1N. The summed E-state index contributed by atoms with van der Waals surface area (Å²) < 4.78 is 2.01. The molecule has 0 aliphatic carbocycles. The number of hydrogen-bond acceptors (Lipinski definition) is 4. The van der Waals surface area contributed by atoms with Crippen LogP contribution in [0, 0.1) is 0 Å². The van der Waals surface area contributed by atoms with E-state index in [0.29, 0.717) is 6.54 Å². The third kappa shape index (κ3) is 2.87. The van der Waals surface area contributed by atoms with Gasteiger partial charge in [-0.2, -0.15) is 5.10 Å². The number of rotatable bonds is 4. The third-order valence-electron chi connectivity index (χ3n) is 3.45. The van der Waals surface area contributed by atoms with Gasteiger partial charge in [-0.25, -0.2) is 4.98 Å². The van der Waals surface area contributed by atoms with Crippen LogP contribution in [0.25, 0.3) is 0 Å². The average molecular weight is 292 g/mol. The largest absolute Gasteiger partial charge is 0.396 e. The number of anilines is 1. The number of aromatic nitrogens is 3. The summed E-state index contributed by atoms with van der Waals surface area (Å²) in [5.41, 5.74) is 10.4. The molecule has 0 atom stereocenters. The van der Waals surface area contributed by atoms with Gasteiger partial charge >= 0.3 is 0 Å². The number of nitrogens with two attached hydrogens (primary N) is 1. The molecule has 0 spiro atoms. The summed E-state index contributed by atoms with van der Waals surface area (Å²) >= 11 is 1.70. The van der Waals surface area contributed by atoms with Crippen LogP contribution in [0.15, 0.2) is 5.38 Å². The fourth-order valence-corrected chi connectivity index (χ4v) is 3.19. The zero-order valence-electron chi connectivity index (χ0n) is 13.0. The van der Waals surface area contributed by atoms with Crippen molar-refractivity contribution in [1.29, 1.82) is 0 Å². The second kappa shape index (κ2) is 5.56. The molecule has 0 bridgehead atoms. The van der Waals surface area contributed by atoms with Crippen LogP contribution in [-0.4, -0.2) is 14.8 Å². The Hall–Kier alpha value is -1.36. The first kappa shape index (κ1) is 15.0. The molecule has 0 amide bonds. The highest BCUT2D eigenvalue weighted by Gasteiger charge is 2.19. The van der Waals surface area contributed by atoms with Crippen LogP contribution < -0.4 is 5.73 Å². The minimum Gasteiger partial charge on any atom is -0.396 e. The van der Waals surface area contributed by atoms with E-state index in [1.165, 1.54) is 0 Å². The standard InChI is InChI=1S/C15H24N4S/c1-6-10-14(16)11(7-2)19(18-10)8-13-17-12(9-20-13)15(3,4)5/h9H,6-8,16H2,1-5H3. The van der Waals surface area contributed by atoms with Crippen LogP contribution in [-0.2, 0) is 24.8 Å². The first-order chi connectivity index (χ1) is 9.36. The third-order valence-corrected chi connectivity index (χ3v) is 4.28. The Morgan fingerprint density at radius 2 is 1.95 bits per heavy atom. The summed E-state index contributed by atoms with van der Waals surface area (Å²) in [5, 5.41) is 7.86. The minimum absolute atomic E-state index is 0.0973. The van der Waals surface area contributed by atoms with Crippen molar-refractivity contribution in [3.8, 4) is 0 Å². The Morgan fingerprint density at radius 1 is 1.25 bits per heavy atom. The molecule has 0 unspecified atom stereocenters. The summed E-state index contributed by atoms with van der Waals surface area (Å²) in [6.07, 6.45) is 1.77. The van der Waals surface area contributed by atoms with Crippen LogP contribution in [0.4, 0.5) is 5.69 Å². The summed E-state index contributed by atoms with van der Waals surface area (Å²) in [5.74, 6) is 0. The van der Waals surface area contributed by atoms with E-state index in [0.717, 1.165) is 40.6 Å². The molecule has 0 fully saturated rings. The van der Waals surface area contributed by atoms with Crippen LogP contribution >= 0.6 is 11.3 Å². The number of nitrogen functional groups attached to an aromatic ring is 1. The fraction of sp³-hybridized carbons (Fsp3) is 0.600. The van der Waals surface area contributed by atoms with Crippen molar-refractivity contribution in [3.63, 3.8) is 0 Å². The topological polar surface area (TPSA) is 56.7 Å². The van der Waals surface area contributed by atoms with Crippen LogP contribution in [0.3, 0.4) is 0 Å². The maximum absolute atomic E-state index is 6.15. The van der Waals surface area contributed by atoms with E-state index >= 15 is 0 Å². The van der Waals surface area contributed by atoms with Gasteiger partial charge in [0.15, 0.2) is 0 Å². The van der Waals surface area contributed by atoms with E-state index in [9.17, 15) is 0 Å². The first-order valence-electron chi connectivity index (χ1n) is 7.15. The summed E-state index contributed by atoms with van der Waals surface area (Å²) in [6.45, 7) is 11.5. The van der Waals surface area contributed by atoms with Crippen molar-refractivity contribution in [1.82, 2.24) is 14.8 Å². The van der Waals surface area contributed by atoms with E-state index in [1.807, 2.05) is 4.68 Å². The molecule has 20 heavy (non-hydrogen) atoms. The normalized spacial score (nSPS) is 12.1. The predicted molar refractivity (Wildman–Crippen MR) is 85.3 cm³/mol. The second-order valence-corrected chi connectivity index (χ2v) is 6.99. The van der Waals surface area contributed by atoms with Crippen LogP contribution in [0.2, 0.25) is 0 Å². The van der Waals surface area contributed by atoms with E-state index in [-0.39, 0.29) is 5.41 Å². The lowest BCUT2D eigenvalue weighted by atomic mass is 9.93. The Bertz CT molecular complexity index is 590. The summed E-state index contributed by atoms with van der Waals surface area (Å²) in [7, 11) is 0. The molecular weight excluding hydrogens is 268 g/mol. The van der Waals surface area contributed by atoms with Gasteiger partial charge in [-0.1, -0.05) is 34.6 Å². The maximum Gasteiger partial charge on any atom is 0.114 e. The maximum atomic E-state index is 6.15. The highest BCUT2D eigenvalue weighted by molar-refractivity contribution is 7.09. The van der Waals surface area contributed by atoms with Crippen molar-refractivity contribution in [2.45, 2.75) is 59.4 Å². The molecule has 2 aromatic heterocycles. The Balaban J connectivity index is 2.28. The molecule has 0 saturated heterocycles. The number of nitrogens with zero attached hydrogens (tertiary/aromatic N) is 3. The number of aryl methyl sites for hydroxylation is 1. The van der Waals surface area contributed by atoms with Gasteiger partial charge in [-0.05, 0) is 12.8 Å². The predicted octanol–water partition coefficient (Wildman–Crippen LogP) is 3.39. The lowest BCUT2D eigenvalue weighted by Gasteiger charge is -2.14. The highest BCUT2D eigenvalue weighted by atomic mass is 32.1. The smallest absolute Gasteiger partial charge is 0.114 e. The van der Waals surface area contributed by atoms with Gasteiger partial charge in [0.25, 0.3) is 0 Å². The van der Waals surface area contributed by atoms with Gasteiger partial charge in [0, 0.05) is 10.8 Å². The molecule has 2 rings (SSSR count). The lowest BCUT2D eigenvalue weighted by Crippen LogP contribution is -2.12. The van der Waals surface area contributed by atoms with Gasteiger partial charge < -0.3 is 5.73 Å². The molecule has 0 radical (unpaired) electrons. The summed E-state index contributed by atoms with van der Waals surface area (Å²) in [6, 6.07) is 0. The Morgan fingerprint density at radius 3 is 2.45 bits per heavy atom. The van der Waals surface area contributed by atoms with Crippen LogP contribution in [0.5, 0.6) is 0 Å². The minimum atomic E-state index is 0.0973. The van der Waals surface area contributed by atoms with Crippen LogP contribution in [0.1, 0.15) is 56.7 Å². The van der Waals surface area contributed by atoms with Gasteiger partial charge in [-0.3, -0.25) is 4.68 Å². The van der Waals surface area contributed by atoms with E-state index in [2.05, 4.69) is 45.1 Å². The molecule has 4 nitrogen and oxygen atoms in total. The zero-order valence-corrected chi connectivity index (χ0v) is 13.8. The van der Waals surface area contributed by atoms with Crippen molar-refractivity contribution >= 4 is 17.0 Å². The molecule has 0 aliphatic rings. The molecule has 0 aromatic carbocycles. The molecule has 2 aromatic rings. The van der Waals surface area contributed by atoms with Crippen molar-refractivity contribution in [2.75, 3.05) is 5.73 Å². The van der Waals surface area contributed by atoms with E-state index in [1.54, 1.807) is 11.3 Å². The zero-order chi connectivity index (χ0) is 14.9. The molecule has 110 valence electrons. The number of hydrogen-bond donors (Lipinski definition) is 1. The van der Waals surface area contributed by atoms with Gasteiger partial charge in [-0.15, -0.1) is 11.3 Å². The molecule has 5 heteroatoms. The monoisotopic (exact) mass is 292 g/mol. The van der Waals surface area contributed by atoms with Gasteiger partial charge in [0.2, 0.25) is 0 Å². The molecule has 0 aliphatic heterocycles. The average Bonchev–Trinajstić information content (AvgIpc) is 2.94. The Kier molecular flexibility index (Phi) is 4.18. The second-order valence-electron chi connectivity index (χ2n) is 6.05. The van der Waals surface area contributed by atoms with Gasteiger partial charge in [0.05, 0.1) is 29.3 Å². The molecular formula is C15H24N4S. The van der Waals surface area contributed by atoms with E-state index in [4.69, 9.17) is 10.7 Å². The van der Waals surface area contributed by atoms with Crippen molar-refractivity contribution < 1.29 is 0 Å². The van der Waals surface area contributed by atoms with Crippen molar-refractivity contribution in [2.24, 2.45) is 0 Å². The molecule has 0 saturated carbocycles. The molecule has 2 heterocycles.